The van der Waals surface area contributed by atoms with E-state index in [-0.39, 0.29) is 17.9 Å². The molecule has 1 saturated carbocycles. The average Bonchev–Trinajstić information content (AvgIpc) is 2.38. The van der Waals surface area contributed by atoms with Gasteiger partial charge in [-0.1, -0.05) is 12.8 Å². The molecule has 0 heterocycles. The maximum Gasteiger partial charge on any atom is 0.159 e. The number of ketones is 1. The Balaban J connectivity index is 2.23. The van der Waals surface area contributed by atoms with Crippen molar-refractivity contribution in [3.05, 3.63) is 28.2 Å². The Hall–Kier alpha value is -0.870. The molecule has 0 aromatic heterocycles. The Kier molecular flexibility index (Phi) is 4.63. The number of likely N-dealkylation sites (N-methyl/N-ethyl adjacent to an activating group) is 1. The van der Waals surface area contributed by atoms with Crippen LogP contribution in [0.5, 0.6) is 0 Å². The molecule has 19 heavy (non-hydrogen) atoms. The second-order valence-electron chi connectivity index (χ2n) is 5.25. The van der Waals surface area contributed by atoms with Gasteiger partial charge in [0, 0.05) is 17.1 Å². The first kappa shape index (κ1) is 14.5. The van der Waals surface area contributed by atoms with E-state index in [9.17, 15) is 9.90 Å². The second-order valence-corrected chi connectivity index (χ2v) is 6.11. The second kappa shape index (κ2) is 6.06. The quantitative estimate of drug-likeness (QED) is 0.866. The van der Waals surface area contributed by atoms with Gasteiger partial charge in [0.15, 0.2) is 5.78 Å². The predicted molar refractivity (Wildman–Crippen MR) is 80.8 cm³/mol. The number of aliphatic hydroxyl groups excluding tert-OH is 1. The fraction of sp³-hybridized carbons (Fsp3) is 0.533. The van der Waals surface area contributed by atoms with Gasteiger partial charge >= 0.3 is 0 Å². The zero-order chi connectivity index (χ0) is 14.0. The van der Waals surface area contributed by atoms with E-state index >= 15 is 0 Å². The van der Waals surface area contributed by atoms with Crippen LogP contribution < -0.4 is 4.90 Å². The number of hydrogen-bond donors (Lipinski definition) is 1. The zero-order valence-electron chi connectivity index (χ0n) is 11.4. The van der Waals surface area contributed by atoms with Crippen LogP contribution in [0.15, 0.2) is 22.7 Å². The number of benzene rings is 1. The van der Waals surface area contributed by atoms with E-state index in [0.29, 0.717) is 5.56 Å². The molecule has 1 N–H and O–H groups in total. The van der Waals surface area contributed by atoms with Gasteiger partial charge in [0.1, 0.15) is 0 Å². The summed E-state index contributed by atoms with van der Waals surface area (Å²) in [6.07, 6.45) is 3.89. The molecule has 0 bridgehead atoms. The number of rotatable bonds is 3. The minimum Gasteiger partial charge on any atom is -0.391 e. The molecule has 1 fully saturated rings. The van der Waals surface area contributed by atoms with Crippen LogP contribution in [0.3, 0.4) is 0 Å². The van der Waals surface area contributed by atoms with Crippen LogP contribution in [0.2, 0.25) is 0 Å². The van der Waals surface area contributed by atoms with Gasteiger partial charge in [-0.15, -0.1) is 0 Å². The van der Waals surface area contributed by atoms with E-state index in [1.807, 2.05) is 25.2 Å². The number of carbonyl (C=O) groups is 1. The number of halogens is 1. The van der Waals surface area contributed by atoms with Gasteiger partial charge in [-0.25, -0.2) is 0 Å². The lowest BCUT2D eigenvalue weighted by Gasteiger charge is -2.37. The van der Waals surface area contributed by atoms with Crippen molar-refractivity contribution < 1.29 is 9.90 Å². The Labute approximate surface area is 122 Å². The van der Waals surface area contributed by atoms with Gasteiger partial charge in [-0.05, 0) is 53.9 Å². The summed E-state index contributed by atoms with van der Waals surface area (Å²) in [4.78, 5) is 13.5. The van der Waals surface area contributed by atoms with Crippen molar-refractivity contribution in [1.82, 2.24) is 0 Å². The molecule has 104 valence electrons. The number of nitrogens with zero attached hydrogens (tertiary/aromatic N) is 1. The molecule has 0 saturated heterocycles. The van der Waals surface area contributed by atoms with Crippen LogP contribution in [-0.4, -0.2) is 30.1 Å². The van der Waals surface area contributed by atoms with Gasteiger partial charge < -0.3 is 10.0 Å². The SMILES string of the molecule is CC(=O)c1ccc(N(C)C2CCCCC2O)c(Br)c1. The highest BCUT2D eigenvalue weighted by Gasteiger charge is 2.27. The highest BCUT2D eigenvalue weighted by atomic mass is 79.9. The molecule has 1 aromatic carbocycles. The van der Waals surface area contributed by atoms with Gasteiger partial charge in [0.25, 0.3) is 0 Å². The first-order valence-electron chi connectivity index (χ1n) is 6.72. The van der Waals surface area contributed by atoms with Crippen molar-refractivity contribution in [3.8, 4) is 0 Å². The predicted octanol–water partition coefficient (Wildman–Crippen LogP) is 3.39. The topological polar surface area (TPSA) is 40.5 Å². The van der Waals surface area contributed by atoms with E-state index in [4.69, 9.17) is 0 Å². The lowest BCUT2D eigenvalue weighted by atomic mass is 9.91. The number of aliphatic hydroxyl groups is 1. The smallest absolute Gasteiger partial charge is 0.159 e. The monoisotopic (exact) mass is 325 g/mol. The van der Waals surface area contributed by atoms with Crippen molar-refractivity contribution in [2.75, 3.05) is 11.9 Å². The van der Waals surface area contributed by atoms with Crippen molar-refractivity contribution in [3.63, 3.8) is 0 Å². The number of hydrogen-bond acceptors (Lipinski definition) is 3. The van der Waals surface area contributed by atoms with Gasteiger partial charge in [0.2, 0.25) is 0 Å². The lowest BCUT2D eigenvalue weighted by molar-refractivity contribution is 0.101. The molecule has 0 spiro atoms. The molecule has 4 heteroatoms. The van der Waals surface area contributed by atoms with Crippen LogP contribution in [-0.2, 0) is 0 Å². The molecular formula is C15H20BrNO2. The van der Waals surface area contributed by atoms with Gasteiger partial charge in [-0.3, -0.25) is 4.79 Å². The fourth-order valence-electron chi connectivity index (χ4n) is 2.73. The summed E-state index contributed by atoms with van der Waals surface area (Å²) in [5, 5.41) is 10.1. The standard InChI is InChI=1S/C15H20BrNO2/c1-10(18)11-7-8-13(12(16)9-11)17(2)14-5-3-4-6-15(14)19/h7-9,14-15,19H,3-6H2,1-2H3. The summed E-state index contributed by atoms with van der Waals surface area (Å²) < 4.78 is 0.903. The van der Waals surface area contributed by atoms with Gasteiger partial charge in [-0.2, -0.15) is 0 Å². The molecule has 3 nitrogen and oxygen atoms in total. The Bertz CT molecular complexity index is 475. The first-order valence-corrected chi connectivity index (χ1v) is 7.51. The number of Topliss-reactive ketones (excluding diaryl/α,β-unsaturated/α-hetero) is 1. The molecule has 2 atom stereocenters. The fourth-order valence-corrected chi connectivity index (χ4v) is 3.39. The van der Waals surface area contributed by atoms with Crippen LogP contribution >= 0.6 is 15.9 Å². The average molecular weight is 326 g/mol. The molecule has 0 amide bonds. The lowest BCUT2D eigenvalue weighted by Crippen LogP contribution is -2.43. The van der Waals surface area contributed by atoms with Crippen molar-refractivity contribution in [2.24, 2.45) is 0 Å². The summed E-state index contributed by atoms with van der Waals surface area (Å²) >= 11 is 3.53. The van der Waals surface area contributed by atoms with E-state index in [1.165, 1.54) is 0 Å². The van der Waals surface area contributed by atoms with E-state index in [0.717, 1.165) is 35.8 Å². The highest BCUT2D eigenvalue weighted by molar-refractivity contribution is 9.10. The van der Waals surface area contributed by atoms with Crippen molar-refractivity contribution >= 4 is 27.4 Å². The Morgan fingerprint density at radius 3 is 2.63 bits per heavy atom. The molecule has 1 aliphatic rings. The third-order valence-electron chi connectivity index (χ3n) is 3.93. The van der Waals surface area contributed by atoms with Crippen LogP contribution in [0, 0.1) is 0 Å². The summed E-state index contributed by atoms with van der Waals surface area (Å²) in [6, 6.07) is 5.80. The summed E-state index contributed by atoms with van der Waals surface area (Å²) in [6.45, 7) is 1.57. The third-order valence-corrected chi connectivity index (χ3v) is 4.56. The summed E-state index contributed by atoms with van der Waals surface area (Å²) in [5.41, 5.74) is 1.73. The molecule has 2 rings (SSSR count). The van der Waals surface area contributed by atoms with E-state index in [1.54, 1.807) is 6.92 Å². The van der Waals surface area contributed by atoms with E-state index in [2.05, 4.69) is 20.8 Å². The minimum absolute atomic E-state index is 0.0626. The first-order chi connectivity index (χ1) is 9.00. The molecule has 1 aromatic rings. The number of anilines is 1. The maximum atomic E-state index is 11.4. The summed E-state index contributed by atoms with van der Waals surface area (Å²) in [5.74, 6) is 0.0626. The van der Waals surface area contributed by atoms with Gasteiger partial charge in [0.05, 0.1) is 17.8 Å². The molecular weight excluding hydrogens is 306 g/mol. The maximum absolute atomic E-state index is 11.4. The zero-order valence-corrected chi connectivity index (χ0v) is 13.0. The Morgan fingerprint density at radius 1 is 1.37 bits per heavy atom. The largest absolute Gasteiger partial charge is 0.391 e. The number of carbonyl (C=O) groups excluding carboxylic acids is 1. The summed E-state index contributed by atoms with van der Waals surface area (Å²) in [7, 11) is 2.01. The molecule has 2 unspecified atom stereocenters. The molecule has 0 aliphatic heterocycles. The van der Waals surface area contributed by atoms with Crippen molar-refractivity contribution in [1.29, 1.82) is 0 Å². The molecule has 1 aliphatic carbocycles. The van der Waals surface area contributed by atoms with E-state index < -0.39 is 0 Å². The minimum atomic E-state index is -0.266. The van der Waals surface area contributed by atoms with Crippen LogP contribution in [0.25, 0.3) is 0 Å². The molecule has 0 radical (unpaired) electrons. The third kappa shape index (κ3) is 3.18. The van der Waals surface area contributed by atoms with Crippen LogP contribution in [0.4, 0.5) is 5.69 Å². The van der Waals surface area contributed by atoms with Crippen molar-refractivity contribution in [2.45, 2.75) is 44.8 Å². The highest BCUT2D eigenvalue weighted by Crippen LogP contribution is 2.32. The van der Waals surface area contributed by atoms with Crippen LogP contribution in [0.1, 0.15) is 43.0 Å². The Morgan fingerprint density at radius 2 is 2.05 bits per heavy atom. The normalized spacial score (nSPS) is 23.2.